The number of pyridine rings is 1. The first-order chi connectivity index (χ1) is 10.3. The zero-order valence-corrected chi connectivity index (χ0v) is 16.5. The Morgan fingerprint density at radius 3 is 1.82 bits per heavy atom. The van der Waals surface area contributed by atoms with Crippen LogP contribution in [-0.2, 0) is 6.54 Å². The molecule has 0 spiro atoms. The zero-order valence-electron chi connectivity index (χ0n) is 14.2. The highest BCUT2D eigenvalue weighted by molar-refractivity contribution is 6.30. The molecule has 22 heavy (non-hydrogen) atoms. The summed E-state index contributed by atoms with van der Waals surface area (Å²) < 4.78 is 2.19. The Bertz CT molecular complexity index is 357. The molecule has 1 heterocycles. The lowest BCUT2D eigenvalue weighted by molar-refractivity contribution is -0.697. The molecule has 1 aromatic rings. The van der Waals surface area contributed by atoms with E-state index in [2.05, 4.69) is 17.7 Å². The average molecular weight is 391 g/mol. The van der Waals surface area contributed by atoms with Gasteiger partial charge >= 0.3 is 0 Å². The Kier molecular flexibility index (Phi) is 15.7. The minimum atomic E-state index is 0. The van der Waals surface area contributed by atoms with Gasteiger partial charge in [-0.15, -0.1) is 0 Å². The highest BCUT2D eigenvalue weighted by Crippen LogP contribution is 2.12. The van der Waals surface area contributed by atoms with Crippen molar-refractivity contribution in [2.45, 2.75) is 90.5 Å². The van der Waals surface area contributed by atoms with Gasteiger partial charge in [-0.1, -0.05) is 82.7 Å². The van der Waals surface area contributed by atoms with E-state index in [1.807, 2.05) is 18.3 Å². The lowest BCUT2D eigenvalue weighted by atomic mass is 10.1. The van der Waals surface area contributed by atoms with Gasteiger partial charge in [-0.3, -0.25) is 0 Å². The van der Waals surface area contributed by atoms with Gasteiger partial charge in [0, 0.05) is 12.5 Å². The molecule has 0 saturated carbocycles. The topological polar surface area (TPSA) is 3.88 Å². The first-order valence-corrected chi connectivity index (χ1v) is 9.35. The first kappa shape index (κ1) is 21.9. The Hall–Kier alpha value is -0.0800. The number of nitrogens with zero attached hydrogens (tertiary/aromatic N) is 1. The quantitative estimate of drug-likeness (QED) is 0.359. The smallest absolute Gasteiger partial charge is 0.187 e. The Morgan fingerprint density at radius 2 is 1.32 bits per heavy atom. The molecule has 0 atom stereocenters. The standard InChI is InChI=1S/C19H33ClN.BrH/c1-2-3-4-5-6-7-8-9-10-11-12-13-16-21-17-14-15-19(20)18-21;/h14-15,17-18H,2-13,16H2,1H3;1H/q+1;/p-1. The van der Waals surface area contributed by atoms with Crippen LogP contribution in [0, 0.1) is 0 Å². The fourth-order valence-electron chi connectivity index (χ4n) is 2.76. The van der Waals surface area contributed by atoms with Crippen LogP contribution in [0.1, 0.15) is 84.0 Å². The van der Waals surface area contributed by atoms with E-state index in [9.17, 15) is 0 Å². The molecule has 0 bridgehead atoms. The SMILES string of the molecule is CCCCCCCCCCCCCC[n+]1cccc(Cl)c1.[Br-]. The first-order valence-electron chi connectivity index (χ1n) is 8.97. The number of rotatable bonds is 13. The van der Waals surface area contributed by atoms with Gasteiger partial charge in [-0.05, 0) is 12.5 Å². The second-order valence-electron chi connectivity index (χ2n) is 6.15. The molecule has 3 heteroatoms. The second-order valence-corrected chi connectivity index (χ2v) is 6.59. The normalized spacial score (nSPS) is 10.5. The monoisotopic (exact) mass is 389 g/mol. The molecule has 128 valence electrons. The van der Waals surface area contributed by atoms with Crippen molar-refractivity contribution in [1.29, 1.82) is 0 Å². The van der Waals surface area contributed by atoms with Gasteiger partial charge in [-0.25, -0.2) is 4.57 Å². The van der Waals surface area contributed by atoms with Gasteiger partial charge in [0.05, 0.1) is 0 Å². The van der Waals surface area contributed by atoms with Crippen molar-refractivity contribution >= 4 is 11.6 Å². The van der Waals surface area contributed by atoms with Crippen molar-refractivity contribution < 1.29 is 21.5 Å². The molecule has 0 unspecified atom stereocenters. The molecule has 1 nitrogen and oxygen atoms in total. The maximum atomic E-state index is 5.97. The van der Waals surface area contributed by atoms with E-state index >= 15 is 0 Å². The number of aromatic nitrogens is 1. The van der Waals surface area contributed by atoms with E-state index in [0.717, 1.165) is 11.6 Å². The van der Waals surface area contributed by atoms with Crippen LogP contribution in [0.2, 0.25) is 5.02 Å². The maximum absolute atomic E-state index is 5.97. The minimum Gasteiger partial charge on any atom is -1.00 e. The van der Waals surface area contributed by atoms with Gasteiger partial charge in [0.1, 0.15) is 11.6 Å². The van der Waals surface area contributed by atoms with Crippen LogP contribution < -0.4 is 21.5 Å². The highest BCUT2D eigenvalue weighted by Gasteiger charge is 2.00. The summed E-state index contributed by atoms with van der Waals surface area (Å²) in [6, 6.07) is 3.95. The molecular formula is C19H33BrClN. The van der Waals surface area contributed by atoms with E-state index in [0.29, 0.717) is 0 Å². The van der Waals surface area contributed by atoms with Crippen molar-refractivity contribution in [3.8, 4) is 0 Å². The summed E-state index contributed by atoms with van der Waals surface area (Å²) in [7, 11) is 0. The third kappa shape index (κ3) is 12.5. The van der Waals surface area contributed by atoms with Gasteiger partial charge in [0.25, 0.3) is 0 Å². The molecule has 0 aromatic carbocycles. The van der Waals surface area contributed by atoms with Crippen LogP contribution in [0.5, 0.6) is 0 Å². The fourth-order valence-corrected chi connectivity index (χ4v) is 2.96. The largest absolute Gasteiger partial charge is 1.00 e. The number of hydrogen-bond donors (Lipinski definition) is 0. The van der Waals surface area contributed by atoms with E-state index in [1.165, 1.54) is 77.0 Å². The molecule has 1 rings (SSSR count). The van der Waals surface area contributed by atoms with Crippen LogP contribution in [0.3, 0.4) is 0 Å². The Morgan fingerprint density at radius 1 is 0.818 bits per heavy atom. The molecule has 0 aliphatic heterocycles. The summed E-state index contributed by atoms with van der Waals surface area (Å²) in [6.07, 6.45) is 21.0. The van der Waals surface area contributed by atoms with E-state index in [-0.39, 0.29) is 17.0 Å². The summed E-state index contributed by atoms with van der Waals surface area (Å²) in [6.45, 7) is 3.38. The molecule has 0 aliphatic rings. The van der Waals surface area contributed by atoms with Crippen LogP contribution >= 0.6 is 11.6 Å². The van der Waals surface area contributed by atoms with Crippen molar-refractivity contribution in [1.82, 2.24) is 0 Å². The van der Waals surface area contributed by atoms with E-state index in [1.54, 1.807) is 0 Å². The van der Waals surface area contributed by atoms with Crippen molar-refractivity contribution in [3.05, 3.63) is 29.5 Å². The number of hydrogen-bond acceptors (Lipinski definition) is 0. The molecule has 1 aromatic heterocycles. The van der Waals surface area contributed by atoms with Crippen LogP contribution in [-0.4, -0.2) is 0 Å². The van der Waals surface area contributed by atoms with Crippen molar-refractivity contribution in [2.24, 2.45) is 0 Å². The third-order valence-corrected chi connectivity index (χ3v) is 4.32. The molecule has 0 amide bonds. The maximum Gasteiger partial charge on any atom is 0.187 e. The highest BCUT2D eigenvalue weighted by atomic mass is 79.9. The van der Waals surface area contributed by atoms with E-state index < -0.39 is 0 Å². The summed E-state index contributed by atoms with van der Waals surface area (Å²) in [5, 5.41) is 0.830. The molecule has 0 fully saturated rings. The minimum absolute atomic E-state index is 0. The van der Waals surface area contributed by atoms with E-state index in [4.69, 9.17) is 11.6 Å². The summed E-state index contributed by atoms with van der Waals surface area (Å²) in [5.41, 5.74) is 0. The van der Waals surface area contributed by atoms with Crippen LogP contribution in [0.4, 0.5) is 0 Å². The predicted molar refractivity (Wildman–Crippen MR) is 92.7 cm³/mol. The number of halogens is 2. The fraction of sp³-hybridized carbons (Fsp3) is 0.737. The molecule has 0 N–H and O–H groups in total. The lowest BCUT2D eigenvalue weighted by Gasteiger charge is -2.02. The number of aryl methyl sites for hydroxylation is 1. The van der Waals surface area contributed by atoms with Crippen molar-refractivity contribution in [3.63, 3.8) is 0 Å². The third-order valence-electron chi connectivity index (χ3n) is 4.09. The second kappa shape index (κ2) is 15.8. The van der Waals surface area contributed by atoms with Gasteiger partial charge in [-0.2, -0.15) is 0 Å². The molecular weight excluding hydrogens is 358 g/mol. The summed E-state index contributed by atoms with van der Waals surface area (Å²) in [4.78, 5) is 0. The van der Waals surface area contributed by atoms with Gasteiger partial charge < -0.3 is 17.0 Å². The van der Waals surface area contributed by atoms with Crippen LogP contribution in [0.25, 0.3) is 0 Å². The molecule has 0 saturated heterocycles. The van der Waals surface area contributed by atoms with Gasteiger partial charge in [0.15, 0.2) is 12.4 Å². The Labute approximate surface area is 153 Å². The summed E-state index contributed by atoms with van der Waals surface area (Å²) in [5.74, 6) is 0. The molecule has 0 radical (unpaired) electrons. The number of unbranched alkanes of at least 4 members (excludes halogenated alkanes) is 11. The lowest BCUT2D eigenvalue weighted by Crippen LogP contribution is -3.00. The average Bonchev–Trinajstić information content (AvgIpc) is 2.48. The van der Waals surface area contributed by atoms with Crippen LogP contribution in [0.15, 0.2) is 24.5 Å². The predicted octanol–water partition coefficient (Wildman–Crippen LogP) is 3.33. The molecule has 0 aliphatic carbocycles. The summed E-state index contributed by atoms with van der Waals surface area (Å²) >= 11 is 5.97. The van der Waals surface area contributed by atoms with Crippen molar-refractivity contribution in [2.75, 3.05) is 0 Å². The van der Waals surface area contributed by atoms with Gasteiger partial charge in [0.2, 0.25) is 0 Å². The zero-order chi connectivity index (χ0) is 15.2. The Balaban J connectivity index is 0.00000441.